The van der Waals surface area contributed by atoms with E-state index in [1.165, 1.54) is 12.1 Å². The first-order valence-electron chi connectivity index (χ1n) is 4.83. The first-order chi connectivity index (χ1) is 7.74. The van der Waals surface area contributed by atoms with E-state index in [1.54, 1.807) is 42.6 Å². The summed E-state index contributed by atoms with van der Waals surface area (Å²) in [7, 11) is 0. The standard InChI is InChI=1S/C13H10FNO/c14-11-3-5-12(6-4-11)15-9-10-1-7-13(16)8-2-10/h1-9,16H. The summed E-state index contributed by atoms with van der Waals surface area (Å²) in [6, 6.07) is 12.6. The number of hydrogen-bond donors (Lipinski definition) is 1. The number of nitrogens with zero attached hydrogens (tertiary/aromatic N) is 1. The van der Waals surface area contributed by atoms with E-state index in [2.05, 4.69) is 4.99 Å². The second-order valence-corrected chi connectivity index (χ2v) is 3.33. The van der Waals surface area contributed by atoms with E-state index in [1.807, 2.05) is 0 Å². The fraction of sp³-hybridized carbons (Fsp3) is 0. The molecule has 2 aromatic rings. The van der Waals surface area contributed by atoms with Gasteiger partial charge in [0.05, 0.1) is 5.69 Å². The molecule has 0 saturated heterocycles. The molecule has 3 heteroatoms. The smallest absolute Gasteiger partial charge is 0.123 e. The fourth-order valence-corrected chi connectivity index (χ4v) is 1.24. The summed E-state index contributed by atoms with van der Waals surface area (Å²) in [5.74, 6) is -0.0532. The second kappa shape index (κ2) is 4.57. The first-order valence-corrected chi connectivity index (χ1v) is 4.83. The van der Waals surface area contributed by atoms with Gasteiger partial charge in [0.15, 0.2) is 0 Å². The van der Waals surface area contributed by atoms with Crippen LogP contribution in [-0.4, -0.2) is 11.3 Å². The van der Waals surface area contributed by atoms with Gasteiger partial charge in [-0.25, -0.2) is 4.39 Å². The Balaban J connectivity index is 2.15. The third-order valence-electron chi connectivity index (χ3n) is 2.08. The van der Waals surface area contributed by atoms with Crippen molar-refractivity contribution in [3.05, 3.63) is 59.9 Å². The minimum atomic E-state index is -0.274. The highest BCUT2D eigenvalue weighted by Crippen LogP contribution is 2.13. The molecular formula is C13H10FNO. The molecule has 16 heavy (non-hydrogen) atoms. The summed E-state index contributed by atoms with van der Waals surface area (Å²) in [6.45, 7) is 0. The van der Waals surface area contributed by atoms with Crippen LogP contribution in [0.15, 0.2) is 53.5 Å². The van der Waals surface area contributed by atoms with Crippen molar-refractivity contribution in [2.45, 2.75) is 0 Å². The lowest BCUT2D eigenvalue weighted by Gasteiger charge is -1.95. The van der Waals surface area contributed by atoms with Crippen molar-refractivity contribution in [2.24, 2.45) is 4.99 Å². The molecule has 0 aliphatic carbocycles. The zero-order valence-electron chi connectivity index (χ0n) is 8.47. The maximum Gasteiger partial charge on any atom is 0.123 e. The minimum absolute atomic E-state index is 0.221. The molecule has 0 aliphatic rings. The van der Waals surface area contributed by atoms with Crippen LogP contribution in [-0.2, 0) is 0 Å². The van der Waals surface area contributed by atoms with Gasteiger partial charge in [0.2, 0.25) is 0 Å². The van der Waals surface area contributed by atoms with Crippen molar-refractivity contribution in [3.8, 4) is 5.75 Å². The number of aliphatic imine (C=N–C) groups is 1. The van der Waals surface area contributed by atoms with Gasteiger partial charge in [-0.2, -0.15) is 0 Å². The monoisotopic (exact) mass is 215 g/mol. The van der Waals surface area contributed by atoms with Crippen LogP contribution in [0.25, 0.3) is 0 Å². The van der Waals surface area contributed by atoms with E-state index in [4.69, 9.17) is 5.11 Å². The van der Waals surface area contributed by atoms with Crippen molar-refractivity contribution < 1.29 is 9.50 Å². The van der Waals surface area contributed by atoms with Gasteiger partial charge in [-0.05, 0) is 54.1 Å². The van der Waals surface area contributed by atoms with Crippen molar-refractivity contribution >= 4 is 11.9 Å². The molecule has 0 unspecified atom stereocenters. The zero-order chi connectivity index (χ0) is 11.4. The lowest BCUT2D eigenvalue weighted by Crippen LogP contribution is -1.79. The Kier molecular flexibility index (Phi) is 2.96. The Morgan fingerprint density at radius 2 is 1.56 bits per heavy atom. The molecule has 0 aliphatic heterocycles. The maximum absolute atomic E-state index is 12.6. The third kappa shape index (κ3) is 2.67. The quantitative estimate of drug-likeness (QED) is 0.766. The van der Waals surface area contributed by atoms with Gasteiger partial charge in [0.1, 0.15) is 11.6 Å². The summed E-state index contributed by atoms with van der Waals surface area (Å²) < 4.78 is 12.6. The normalized spacial score (nSPS) is 10.8. The molecule has 0 spiro atoms. The van der Waals surface area contributed by atoms with Crippen molar-refractivity contribution in [1.29, 1.82) is 0 Å². The number of hydrogen-bond acceptors (Lipinski definition) is 2. The second-order valence-electron chi connectivity index (χ2n) is 3.33. The average molecular weight is 215 g/mol. The van der Waals surface area contributed by atoms with Gasteiger partial charge >= 0.3 is 0 Å². The molecule has 2 aromatic carbocycles. The van der Waals surface area contributed by atoms with Crippen LogP contribution < -0.4 is 0 Å². The lowest BCUT2D eigenvalue weighted by atomic mass is 10.2. The van der Waals surface area contributed by atoms with Gasteiger partial charge in [-0.1, -0.05) is 0 Å². The van der Waals surface area contributed by atoms with Crippen LogP contribution in [0.5, 0.6) is 5.75 Å². The first kappa shape index (κ1) is 10.4. The van der Waals surface area contributed by atoms with E-state index in [0.717, 1.165) is 5.56 Å². The summed E-state index contributed by atoms with van der Waals surface area (Å²) >= 11 is 0. The molecule has 0 bridgehead atoms. The molecule has 0 saturated carbocycles. The van der Waals surface area contributed by atoms with Crippen molar-refractivity contribution in [1.82, 2.24) is 0 Å². The summed E-state index contributed by atoms with van der Waals surface area (Å²) in [4.78, 5) is 4.17. The Morgan fingerprint density at radius 1 is 0.938 bits per heavy atom. The molecule has 2 nitrogen and oxygen atoms in total. The SMILES string of the molecule is Oc1ccc(C=Nc2ccc(F)cc2)cc1. The number of aromatic hydroxyl groups is 1. The van der Waals surface area contributed by atoms with E-state index >= 15 is 0 Å². The number of phenolic OH excluding ortho intramolecular Hbond substituents is 1. The van der Waals surface area contributed by atoms with Gasteiger partial charge in [0, 0.05) is 6.21 Å². The molecule has 0 atom stereocenters. The summed E-state index contributed by atoms with van der Waals surface area (Å²) in [5, 5.41) is 9.09. The molecule has 2 rings (SSSR count). The zero-order valence-corrected chi connectivity index (χ0v) is 8.47. The predicted molar refractivity (Wildman–Crippen MR) is 61.8 cm³/mol. The van der Waals surface area contributed by atoms with Gasteiger partial charge in [-0.15, -0.1) is 0 Å². The number of halogens is 1. The Bertz CT molecular complexity index is 441. The Morgan fingerprint density at radius 3 is 2.19 bits per heavy atom. The molecule has 80 valence electrons. The molecular weight excluding hydrogens is 205 g/mol. The molecule has 0 aromatic heterocycles. The van der Waals surface area contributed by atoms with E-state index in [9.17, 15) is 4.39 Å². The van der Waals surface area contributed by atoms with Crippen LogP contribution in [0.1, 0.15) is 5.56 Å². The molecule has 0 heterocycles. The highest BCUT2D eigenvalue weighted by Gasteiger charge is 1.91. The van der Waals surface area contributed by atoms with Crippen LogP contribution >= 0.6 is 0 Å². The van der Waals surface area contributed by atoms with Crippen LogP contribution in [0.4, 0.5) is 10.1 Å². The third-order valence-corrected chi connectivity index (χ3v) is 2.08. The predicted octanol–water partition coefficient (Wildman–Crippen LogP) is 3.28. The molecule has 0 radical (unpaired) electrons. The van der Waals surface area contributed by atoms with Crippen molar-refractivity contribution in [3.63, 3.8) is 0 Å². The van der Waals surface area contributed by atoms with Crippen LogP contribution in [0.3, 0.4) is 0 Å². The largest absolute Gasteiger partial charge is 0.508 e. The Hall–Kier alpha value is -2.16. The van der Waals surface area contributed by atoms with E-state index < -0.39 is 0 Å². The van der Waals surface area contributed by atoms with Gasteiger partial charge in [-0.3, -0.25) is 4.99 Å². The highest BCUT2D eigenvalue weighted by atomic mass is 19.1. The van der Waals surface area contributed by atoms with Crippen molar-refractivity contribution in [2.75, 3.05) is 0 Å². The number of rotatable bonds is 2. The lowest BCUT2D eigenvalue weighted by molar-refractivity contribution is 0.475. The van der Waals surface area contributed by atoms with Gasteiger partial charge < -0.3 is 5.11 Å². The number of benzene rings is 2. The number of phenols is 1. The summed E-state index contributed by atoms with van der Waals surface area (Å²) in [6.07, 6.45) is 1.66. The highest BCUT2D eigenvalue weighted by molar-refractivity contribution is 5.82. The summed E-state index contributed by atoms with van der Waals surface area (Å²) in [5.41, 5.74) is 1.57. The van der Waals surface area contributed by atoms with Crippen LogP contribution in [0, 0.1) is 5.82 Å². The maximum atomic E-state index is 12.6. The molecule has 0 fully saturated rings. The van der Waals surface area contributed by atoms with Gasteiger partial charge in [0.25, 0.3) is 0 Å². The topological polar surface area (TPSA) is 32.6 Å². The van der Waals surface area contributed by atoms with E-state index in [-0.39, 0.29) is 11.6 Å². The van der Waals surface area contributed by atoms with Crippen LogP contribution in [0.2, 0.25) is 0 Å². The van der Waals surface area contributed by atoms with E-state index in [0.29, 0.717) is 5.69 Å². The molecule has 0 amide bonds. The fourth-order valence-electron chi connectivity index (χ4n) is 1.24. The average Bonchev–Trinajstić information content (AvgIpc) is 2.30. The molecule has 1 N–H and O–H groups in total. The minimum Gasteiger partial charge on any atom is -0.508 e. The Labute approximate surface area is 92.7 Å².